The summed E-state index contributed by atoms with van der Waals surface area (Å²) in [5.41, 5.74) is 6.37. The quantitative estimate of drug-likeness (QED) is 0.594. The van der Waals surface area contributed by atoms with Crippen LogP contribution in [-0.4, -0.2) is 0 Å². The van der Waals surface area contributed by atoms with Crippen LogP contribution in [-0.2, 0) is 10.8 Å². The van der Waals surface area contributed by atoms with Gasteiger partial charge in [0.25, 0.3) is 0 Å². The van der Waals surface area contributed by atoms with Crippen molar-refractivity contribution in [3.8, 4) is 0 Å². The lowest BCUT2D eigenvalue weighted by Gasteiger charge is -2.42. The highest BCUT2D eigenvalue weighted by Gasteiger charge is 2.37. The van der Waals surface area contributed by atoms with E-state index in [4.69, 9.17) is 0 Å². The summed E-state index contributed by atoms with van der Waals surface area (Å²) < 4.78 is 0. The first kappa shape index (κ1) is 14.4. The van der Waals surface area contributed by atoms with E-state index in [2.05, 4.69) is 66.3 Å². The van der Waals surface area contributed by atoms with Crippen molar-refractivity contribution in [2.24, 2.45) is 0 Å². The smallest absolute Gasteiger partial charge is 0.00144 e. The molecule has 104 valence electrons. The lowest BCUT2D eigenvalue weighted by Crippen LogP contribution is -2.33. The number of rotatable bonds is 2. The molecule has 1 aliphatic rings. The molecule has 0 bridgehead atoms. The zero-order valence-electron chi connectivity index (χ0n) is 13.4. The third-order valence-electron chi connectivity index (χ3n) is 5.12. The van der Waals surface area contributed by atoms with Gasteiger partial charge in [-0.15, -0.1) is 0 Å². The summed E-state index contributed by atoms with van der Waals surface area (Å²) in [4.78, 5) is 0. The molecule has 0 spiro atoms. The topological polar surface area (TPSA) is 0 Å². The summed E-state index contributed by atoms with van der Waals surface area (Å²) in [6.07, 6.45) is 2.56. The van der Waals surface area contributed by atoms with Crippen molar-refractivity contribution in [1.82, 2.24) is 0 Å². The Morgan fingerprint density at radius 1 is 1.05 bits per heavy atom. The Kier molecular flexibility index (Phi) is 3.41. The molecule has 1 aromatic rings. The van der Waals surface area contributed by atoms with Crippen LogP contribution in [0.15, 0.2) is 30.4 Å². The lowest BCUT2D eigenvalue weighted by molar-refractivity contribution is 0.331. The Labute approximate surface area is 118 Å². The maximum Gasteiger partial charge on any atom is 0.00144 e. The SMILES string of the molecule is C=C(C)C(C)c1ccc2c(c1)C(C)(C)CCC2(C)C. The summed E-state index contributed by atoms with van der Waals surface area (Å²) >= 11 is 0. The number of benzene rings is 1. The summed E-state index contributed by atoms with van der Waals surface area (Å²) in [5, 5.41) is 0. The van der Waals surface area contributed by atoms with Crippen molar-refractivity contribution in [3.05, 3.63) is 47.0 Å². The minimum Gasteiger partial charge on any atom is -0.0995 e. The molecule has 1 aliphatic carbocycles. The summed E-state index contributed by atoms with van der Waals surface area (Å²) in [6.45, 7) is 18.0. The second-order valence-electron chi connectivity index (χ2n) is 7.64. The summed E-state index contributed by atoms with van der Waals surface area (Å²) in [6, 6.07) is 7.11. The Morgan fingerprint density at radius 3 is 2.11 bits per heavy atom. The van der Waals surface area contributed by atoms with Gasteiger partial charge in [-0.25, -0.2) is 0 Å². The number of hydrogen-bond donors (Lipinski definition) is 0. The molecule has 0 heteroatoms. The highest BCUT2D eigenvalue weighted by Crippen LogP contribution is 2.46. The minimum absolute atomic E-state index is 0.301. The molecule has 0 aliphatic heterocycles. The fraction of sp³-hybridized carbons (Fsp3) is 0.579. The van der Waals surface area contributed by atoms with Crippen molar-refractivity contribution >= 4 is 0 Å². The molecular formula is C19H28. The molecular weight excluding hydrogens is 228 g/mol. The van der Waals surface area contributed by atoms with Crippen LogP contribution in [0.3, 0.4) is 0 Å². The first-order valence-corrected chi connectivity index (χ1v) is 7.45. The molecule has 0 radical (unpaired) electrons. The van der Waals surface area contributed by atoms with Crippen LogP contribution in [0.5, 0.6) is 0 Å². The van der Waals surface area contributed by atoms with E-state index in [1.807, 2.05) is 0 Å². The van der Waals surface area contributed by atoms with Gasteiger partial charge < -0.3 is 0 Å². The Hall–Kier alpha value is -1.04. The second-order valence-corrected chi connectivity index (χ2v) is 7.64. The molecule has 0 N–H and O–H groups in total. The predicted molar refractivity (Wildman–Crippen MR) is 85.0 cm³/mol. The normalized spacial score (nSPS) is 21.6. The van der Waals surface area contributed by atoms with Gasteiger partial charge in [-0.3, -0.25) is 0 Å². The fourth-order valence-corrected chi connectivity index (χ4v) is 3.16. The molecule has 1 unspecified atom stereocenters. The maximum absolute atomic E-state index is 4.11. The number of fused-ring (bicyclic) bond motifs is 1. The second kappa shape index (κ2) is 4.51. The Morgan fingerprint density at radius 2 is 1.58 bits per heavy atom. The highest BCUT2D eigenvalue weighted by atomic mass is 14.4. The number of allylic oxidation sites excluding steroid dienone is 1. The van der Waals surface area contributed by atoms with Crippen LogP contribution in [0, 0.1) is 0 Å². The van der Waals surface area contributed by atoms with Gasteiger partial charge in [-0.2, -0.15) is 0 Å². The van der Waals surface area contributed by atoms with Gasteiger partial charge in [-0.1, -0.05) is 65.0 Å². The fourth-order valence-electron chi connectivity index (χ4n) is 3.16. The zero-order valence-corrected chi connectivity index (χ0v) is 13.4. The van der Waals surface area contributed by atoms with E-state index in [0.717, 1.165) is 0 Å². The van der Waals surface area contributed by atoms with Crippen molar-refractivity contribution in [3.63, 3.8) is 0 Å². The van der Waals surface area contributed by atoms with Gasteiger partial charge in [-0.05, 0) is 47.3 Å². The molecule has 0 amide bonds. The van der Waals surface area contributed by atoms with E-state index in [-0.39, 0.29) is 0 Å². The molecule has 2 rings (SSSR count). The van der Waals surface area contributed by atoms with Gasteiger partial charge in [0.2, 0.25) is 0 Å². The van der Waals surface area contributed by atoms with Crippen LogP contribution in [0.2, 0.25) is 0 Å². The monoisotopic (exact) mass is 256 g/mol. The maximum atomic E-state index is 4.11. The van der Waals surface area contributed by atoms with Crippen LogP contribution in [0.25, 0.3) is 0 Å². The van der Waals surface area contributed by atoms with E-state index in [0.29, 0.717) is 16.7 Å². The highest BCUT2D eigenvalue weighted by molar-refractivity contribution is 5.45. The van der Waals surface area contributed by atoms with Crippen LogP contribution >= 0.6 is 0 Å². The molecule has 0 saturated heterocycles. The average molecular weight is 256 g/mol. The van der Waals surface area contributed by atoms with Gasteiger partial charge in [0.15, 0.2) is 0 Å². The number of hydrogen-bond acceptors (Lipinski definition) is 0. The van der Waals surface area contributed by atoms with Crippen molar-refractivity contribution in [1.29, 1.82) is 0 Å². The van der Waals surface area contributed by atoms with Gasteiger partial charge >= 0.3 is 0 Å². The minimum atomic E-state index is 0.301. The van der Waals surface area contributed by atoms with Crippen LogP contribution in [0.4, 0.5) is 0 Å². The zero-order chi connectivity index (χ0) is 14.4. The van der Waals surface area contributed by atoms with E-state index < -0.39 is 0 Å². The third kappa shape index (κ3) is 2.50. The van der Waals surface area contributed by atoms with Crippen LogP contribution < -0.4 is 0 Å². The Bertz CT molecular complexity index is 503. The molecule has 19 heavy (non-hydrogen) atoms. The largest absolute Gasteiger partial charge is 0.0995 e. The molecule has 0 fully saturated rings. The first-order valence-electron chi connectivity index (χ1n) is 7.45. The molecule has 0 aromatic heterocycles. The molecule has 0 saturated carbocycles. The van der Waals surface area contributed by atoms with Gasteiger partial charge in [0.05, 0.1) is 0 Å². The molecule has 0 nitrogen and oxygen atoms in total. The Balaban J connectivity index is 2.56. The third-order valence-corrected chi connectivity index (χ3v) is 5.12. The first-order chi connectivity index (χ1) is 8.65. The molecule has 0 heterocycles. The summed E-state index contributed by atoms with van der Waals surface area (Å²) in [5.74, 6) is 0.450. The predicted octanol–water partition coefficient (Wildman–Crippen LogP) is 5.72. The van der Waals surface area contributed by atoms with E-state index in [9.17, 15) is 0 Å². The molecule has 1 atom stereocenters. The van der Waals surface area contributed by atoms with Crippen LogP contribution in [0.1, 0.15) is 77.0 Å². The van der Waals surface area contributed by atoms with E-state index in [1.54, 1.807) is 11.1 Å². The van der Waals surface area contributed by atoms with Crippen molar-refractivity contribution in [2.75, 3.05) is 0 Å². The van der Waals surface area contributed by atoms with Gasteiger partial charge in [0, 0.05) is 5.92 Å². The van der Waals surface area contributed by atoms with E-state index >= 15 is 0 Å². The lowest BCUT2D eigenvalue weighted by atomic mass is 9.62. The average Bonchev–Trinajstić information content (AvgIpc) is 2.33. The standard InChI is InChI=1S/C19H28/c1-13(2)14(3)15-8-9-16-17(12-15)19(6,7)11-10-18(16,4)5/h8-9,12,14H,1,10-11H2,2-7H3. The summed E-state index contributed by atoms with van der Waals surface area (Å²) in [7, 11) is 0. The van der Waals surface area contributed by atoms with Crippen molar-refractivity contribution in [2.45, 2.75) is 71.1 Å². The molecule has 1 aromatic carbocycles. The van der Waals surface area contributed by atoms with E-state index in [1.165, 1.54) is 24.0 Å². The van der Waals surface area contributed by atoms with Gasteiger partial charge in [0.1, 0.15) is 0 Å². The van der Waals surface area contributed by atoms with Crippen molar-refractivity contribution < 1.29 is 0 Å².